The average Bonchev–Trinajstić information content (AvgIpc) is 2.27. The van der Waals surface area contributed by atoms with Gasteiger partial charge in [-0.1, -0.05) is 37.6 Å². The van der Waals surface area contributed by atoms with E-state index in [0.717, 1.165) is 10.9 Å². The molecule has 1 heterocycles. The molecule has 1 aromatic carbocycles. The van der Waals surface area contributed by atoms with Gasteiger partial charge in [0.25, 0.3) is 0 Å². The van der Waals surface area contributed by atoms with Gasteiger partial charge >= 0.3 is 5.97 Å². The third-order valence-electron chi connectivity index (χ3n) is 2.93. The van der Waals surface area contributed by atoms with Crippen molar-refractivity contribution >= 4 is 28.5 Å². The molecular formula is C14H14ClNO2. The Balaban J connectivity index is 2.54. The third-order valence-corrected chi connectivity index (χ3v) is 3.16. The van der Waals surface area contributed by atoms with E-state index in [4.69, 9.17) is 11.6 Å². The first kappa shape index (κ1) is 12.8. The van der Waals surface area contributed by atoms with Crippen LogP contribution in [-0.4, -0.2) is 16.1 Å². The molecule has 0 aliphatic carbocycles. The van der Waals surface area contributed by atoms with E-state index in [9.17, 15) is 9.90 Å². The van der Waals surface area contributed by atoms with Crippen molar-refractivity contribution in [3.63, 3.8) is 0 Å². The Bertz CT molecular complexity index is 595. The van der Waals surface area contributed by atoms with Crippen LogP contribution in [0.1, 0.15) is 25.5 Å². The molecule has 3 nitrogen and oxygen atoms in total. The van der Waals surface area contributed by atoms with E-state index in [-0.39, 0.29) is 5.92 Å². The van der Waals surface area contributed by atoms with Crippen LogP contribution >= 0.6 is 11.6 Å². The first-order valence-corrected chi connectivity index (χ1v) is 6.16. The van der Waals surface area contributed by atoms with Crippen molar-refractivity contribution in [1.82, 2.24) is 4.98 Å². The highest BCUT2D eigenvalue weighted by atomic mass is 35.5. The standard InChI is InChI=1S/C14H14ClNO2/c1-8(2)13(14(17)18)11-6-4-9-3-5-10(15)7-12(9)16-11/h3-8,13H,1-2H3,(H,17,18). The van der Waals surface area contributed by atoms with Gasteiger partial charge in [-0.2, -0.15) is 0 Å². The minimum Gasteiger partial charge on any atom is -0.481 e. The van der Waals surface area contributed by atoms with Crippen LogP contribution in [0.2, 0.25) is 5.02 Å². The van der Waals surface area contributed by atoms with Gasteiger partial charge in [-0.3, -0.25) is 9.78 Å². The Kier molecular flexibility index (Phi) is 3.53. The Hall–Kier alpha value is -1.61. The highest BCUT2D eigenvalue weighted by Gasteiger charge is 2.24. The predicted molar refractivity (Wildman–Crippen MR) is 72.0 cm³/mol. The summed E-state index contributed by atoms with van der Waals surface area (Å²) in [5, 5.41) is 10.8. The molecule has 0 aliphatic rings. The maximum Gasteiger partial charge on any atom is 0.312 e. The summed E-state index contributed by atoms with van der Waals surface area (Å²) < 4.78 is 0. The zero-order valence-corrected chi connectivity index (χ0v) is 11.0. The summed E-state index contributed by atoms with van der Waals surface area (Å²) in [6.45, 7) is 3.76. The first-order valence-electron chi connectivity index (χ1n) is 5.78. The van der Waals surface area contributed by atoms with Gasteiger partial charge in [0.15, 0.2) is 0 Å². The smallest absolute Gasteiger partial charge is 0.312 e. The van der Waals surface area contributed by atoms with Gasteiger partial charge in [0.1, 0.15) is 5.92 Å². The molecule has 0 aliphatic heterocycles. The number of benzene rings is 1. The number of carboxylic acid groups (broad SMARTS) is 1. The van der Waals surface area contributed by atoms with Crippen LogP contribution in [-0.2, 0) is 4.79 Å². The van der Waals surface area contributed by atoms with Gasteiger partial charge in [0, 0.05) is 10.4 Å². The van der Waals surface area contributed by atoms with Crippen LogP contribution in [0.25, 0.3) is 10.9 Å². The molecule has 0 fully saturated rings. The lowest BCUT2D eigenvalue weighted by molar-refractivity contribution is -0.139. The zero-order chi connectivity index (χ0) is 13.3. The predicted octanol–water partition coefficient (Wildman–Crippen LogP) is 3.71. The van der Waals surface area contributed by atoms with E-state index in [2.05, 4.69) is 4.98 Å². The average molecular weight is 264 g/mol. The Morgan fingerprint density at radius 1 is 1.28 bits per heavy atom. The van der Waals surface area contributed by atoms with Gasteiger partial charge < -0.3 is 5.11 Å². The molecular weight excluding hydrogens is 250 g/mol. The lowest BCUT2D eigenvalue weighted by atomic mass is 9.92. The molecule has 0 amide bonds. The van der Waals surface area contributed by atoms with E-state index in [0.29, 0.717) is 10.7 Å². The van der Waals surface area contributed by atoms with E-state index < -0.39 is 11.9 Å². The van der Waals surface area contributed by atoms with E-state index in [1.807, 2.05) is 26.0 Å². The maximum absolute atomic E-state index is 11.3. The largest absolute Gasteiger partial charge is 0.481 e. The lowest BCUT2D eigenvalue weighted by Crippen LogP contribution is -2.18. The normalized spacial score (nSPS) is 12.9. The number of carboxylic acids is 1. The van der Waals surface area contributed by atoms with Gasteiger partial charge in [-0.05, 0) is 24.1 Å². The van der Waals surface area contributed by atoms with Crippen molar-refractivity contribution in [1.29, 1.82) is 0 Å². The summed E-state index contributed by atoms with van der Waals surface area (Å²) in [4.78, 5) is 15.7. The number of nitrogens with zero attached hydrogens (tertiary/aromatic N) is 1. The summed E-state index contributed by atoms with van der Waals surface area (Å²) in [6, 6.07) is 9.07. The quantitative estimate of drug-likeness (QED) is 0.918. The summed E-state index contributed by atoms with van der Waals surface area (Å²) in [6.07, 6.45) is 0. The highest BCUT2D eigenvalue weighted by molar-refractivity contribution is 6.31. The minimum atomic E-state index is -0.848. The summed E-state index contributed by atoms with van der Waals surface area (Å²) in [7, 11) is 0. The number of aromatic nitrogens is 1. The molecule has 1 aromatic heterocycles. The van der Waals surface area contributed by atoms with Crippen molar-refractivity contribution in [2.75, 3.05) is 0 Å². The van der Waals surface area contributed by atoms with Crippen LogP contribution in [0.15, 0.2) is 30.3 Å². The molecule has 94 valence electrons. The second-order valence-corrected chi connectivity index (χ2v) is 5.07. The van der Waals surface area contributed by atoms with E-state index >= 15 is 0 Å². The number of pyridine rings is 1. The molecule has 1 atom stereocenters. The molecule has 2 rings (SSSR count). The lowest BCUT2D eigenvalue weighted by Gasteiger charge is -2.16. The molecule has 0 saturated carbocycles. The number of aliphatic carboxylic acids is 1. The minimum absolute atomic E-state index is 0.00775. The number of rotatable bonds is 3. The van der Waals surface area contributed by atoms with Crippen molar-refractivity contribution in [3.05, 3.63) is 41.0 Å². The number of hydrogen-bond acceptors (Lipinski definition) is 2. The summed E-state index contributed by atoms with van der Waals surface area (Å²) in [5.74, 6) is -1.45. The molecule has 0 saturated heterocycles. The second kappa shape index (κ2) is 4.94. The van der Waals surface area contributed by atoms with E-state index in [1.165, 1.54) is 0 Å². The summed E-state index contributed by atoms with van der Waals surface area (Å²) in [5.41, 5.74) is 1.30. The van der Waals surface area contributed by atoms with Crippen LogP contribution in [0.4, 0.5) is 0 Å². The van der Waals surface area contributed by atoms with Crippen LogP contribution < -0.4 is 0 Å². The van der Waals surface area contributed by atoms with Crippen molar-refractivity contribution in [2.45, 2.75) is 19.8 Å². The fourth-order valence-corrected chi connectivity index (χ4v) is 2.20. The molecule has 18 heavy (non-hydrogen) atoms. The van der Waals surface area contributed by atoms with Crippen LogP contribution in [0.3, 0.4) is 0 Å². The molecule has 1 N–H and O–H groups in total. The SMILES string of the molecule is CC(C)C(C(=O)O)c1ccc2ccc(Cl)cc2n1. The maximum atomic E-state index is 11.3. The number of carbonyl (C=O) groups is 1. The van der Waals surface area contributed by atoms with E-state index in [1.54, 1.807) is 18.2 Å². The van der Waals surface area contributed by atoms with Gasteiger partial charge in [0.05, 0.1) is 11.2 Å². The van der Waals surface area contributed by atoms with Gasteiger partial charge in [-0.25, -0.2) is 0 Å². The van der Waals surface area contributed by atoms with Gasteiger partial charge in [0.2, 0.25) is 0 Å². The topological polar surface area (TPSA) is 50.2 Å². The number of hydrogen-bond donors (Lipinski definition) is 1. The summed E-state index contributed by atoms with van der Waals surface area (Å²) >= 11 is 5.92. The molecule has 4 heteroatoms. The highest BCUT2D eigenvalue weighted by Crippen LogP contribution is 2.26. The van der Waals surface area contributed by atoms with Crippen LogP contribution in [0.5, 0.6) is 0 Å². The monoisotopic (exact) mass is 263 g/mol. The fraction of sp³-hybridized carbons (Fsp3) is 0.286. The van der Waals surface area contributed by atoms with Crippen molar-refractivity contribution < 1.29 is 9.90 Å². The first-order chi connectivity index (χ1) is 8.49. The zero-order valence-electron chi connectivity index (χ0n) is 10.2. The van der Waals surface area contributed by atoms with Gasteiger partial charge in [-0.15, -0.1) is 0 Å². The second-order valence-electron chi connectivity index (χ2n) is 4.63. The molecule has 0 radical (unpaired) electrons. The van der Waals surface area contributed by atoms with Crippen molar-refractivity contribution in [2.24, 2.45) is 5.92 Å². The molecule has 0 spiro atoms. The Morgan fingerprint density at radius 2 is 1.94 bits per heavy atom. The van der Waals surface area contributed by atoms with Crippen LogP contribution in [0, 0.1) is 5.92 Å². The third kappa shape index (κ3) is 2.46. The molecule has 2 aromatic rings. The molecule has 0 bridgehead atoms. The number of fused-ring (bicyclic) bond motifs is 1. The Labute approximate surface area is 110 Å². The van der Waals surface area contributed by atoms with Crippen molar-refractivity contribution in [3.8, 4) is 0 Å². The fourth-order valence-electron chi connectivity index (χ4n) is 2.03. The number of halogens is 1. The molecule has 1 unspecified atom stereocenters. The Morgan fingerprint density at radius 3 is 2.56 bits per heavy atom.